The number of hydroxylamine groups is 1. The molecule has 4 heteroatoms. The highest BCUT2D eigenvalue weighted by molar-refractivity contribution is 5.98. The van der Waals surface area contributed by atoms with E-state index in [1.165, 1.54) is 0 Å². The van der Waals surface area contributed by atoms with Gasteiger partial charge in [0.2, 0.25) is 0 Å². The molecule has 1 aromatic heterocycles. The van der Waals surface area contributed by atoms with Gasteiger partial charge in [-0.05, 0) is 37.6 Å². The summed E-state index contributed by atoms with van der Waals surface area (Å²) in [5, 5.41) is 9.89. The van der Waals surface area contributed by atoms with Crippen molar-refractivity contribution in [2.24, 2.45) is 0 Å². The summed E-state index contributed by atoms with van der Waals surface area (Å²) in [5.74, 6) is -0.500. The van der Waals surface area contributed by atoms with Gasteiger partial charge < -0.3 is 4.57 Å². The van der Waals surface area contributed by atoms with Gasteiger partial charge in [0, 0.05) is 28.2 Å². The summed E-state index contributed by atoms with van der Waals surface area (Å²) in [6.45, 7) is 4.23. The minimum absolute atomic E-state index is 0.250. The summed E-state index contributed by atoms with van der Waals surface area (Å²) < 4.78 is 2.21. The molecule has 1 amide bonds. The van der Waals surface area contributed by atoms with Crippen molar-refractivity contribution in [1.29, 1.82) is 0 Å². The third-order valence-corrected chi connectivity index (χ3v) is 3.79. The van der Waals surface area contributed by atoms with E-state index in [1.807, 2.05) is 30.3 Å². The van der Waals surface area contributed by atoms with E-state index in [0.717, 1.165) is 22.2 Å². The van der Waals surface area contributed by atoms with Crippen molar-refractivity contribution in [2.75, 3.05) is 0 Å². The highest BCUT2D eigenvalue weighted by Crippen LogP contribution is 2.31. The van der Waals surface area contributed by atoms with Crippen LogP contribution in [-0.4, -0.2) is 15.7 Å². The van der Waals surface area contributed by atoms with Crippen LogP contribution in [0, 0.1) is 0 Å². The fraction of sp³-hybridized carbons (Fsp3) is 0.167. The van der Waals surface area contributed by atoms with Gasteiger partial charge in [-0.1, -0.05) is 36.4 Å². The number of benzene rings is 2. The van der Waals surface area contributed by atoms with Crippen molar-refractivity contribution < 1.29 is 10.0 Å². The number of nitrogens with one attached hydrogen (secondary N) is 1. The van der Waals surface area contributed by atoms with Gasteiger partial charge in [0.15, 0.2) is 0 Å². The van der Waals surface area contributed by atoms with E-state index in [4.69, 9.17) is 5.21 Å². The number of hydrogen-bond acceptors (Lipinski definition) is 2. The molecule has 0 fully saturated rings. The topological polar surface area (TPSA) is 54.3 Å². The first-order chi connectivity index (χ1) is 10.6. The highest BCUT2D eigenvalue weighted by Gasteiger charge is 2.15. The van der Waals surface area contributed by atoms with Crippen LogP contribution in [0.2, 0.25) is 0 Å². The molecule has 0 bridgehead atoms. The van der Waals surface area contributed by atoms with E-state index in [0.29, 0.717) is 5.56 Å². The number of amides is 1. The Morgan fingerprint density at radius 3 is 2.45 bits per heavy atom. The van der Waals surface area contributed by atoms with Crippen molar-refractivity contribution in [3.63, 3.8) is 0 Å². The zero-order chi connectivity index (χ0) is 15.7. The maximum Gasteiger partial charge on any atom is 0.274 e. The molecule has 112 valence electrons. The van der Waals surface area contributed by atoms with Crippen LogP contribution in [-0.2, 0) is 0 Å². The number of rotatable bonds is 3. The Bertz CT molecular complexity index is 820. The minimum atomic E-state index is -0.500. The molecule has 0 aliphatic rings. The molecule has 2 N–H and O–H groups in total. The second kappa shape index (κ2) is 5.66. The van der Waals surface area contributed by atoms with Crippen molar-refractivity contribution in [3.8, 4) is 11.3 Å². The number of carbonyl (C=O) groups excluding carboxylic acids is 1. The van der Waals surface area contributed by atoms with Gasteiger partial charge in [0.1, 0.15) is 0 Å². The highest BCUT2D eigenvalue weighted by atomic mass is 16.5. The lowest BCUT2D eigenvalue weighted by molar-refractivity contribution is 0.0706. The Hall–Kier alpha value is -2.59. The number of carbonyl (C=O) groups is 1. The Kier molecular flexibility index (Phi) is 3.69. The lowest BCUT2D eigenvalue weighted by Gasteiger charge is -2.15. The summed E-state index contributed by atoms with van der Waals surface area (Å²) in [4.78, 5) is 11.6. The quantitative estimate of drug-likeness (QED) is 0.566. The van der Waals surface area contributed by atoms with Gasteiger partial charge >= 0.3 is 0 Å². The molecule has 1 heterocycles. The molecule has 0 aliphatic carbocycles. The van der Waals surface area contributed by atoms with Crippen LogP contribution in [0.25, 0.3) is 22.2 Å². The molecule has 4 nitrogen and oxygen atoms in total. The van der Waals surface area contributed by atoms with Crippen LogP contribution in [0.3, 0.4) is 0 Å². The molecule has 3 rings (SSSR count). The third kappa shape index (κ3) is 2.38. The van der Waals surface area contributed by atoms with Crippen molar-refractivity contribution in [3.05, 3.63) is 60.2 Å². The van der Waals surface area contributed by atoms with Crippen molar-refractivity contribution >= 4 is 16.8 Å². The maximum atomic E-state index is 11.6. The molecule has 0 unspecified atom stereocenters. The first kappa shape index (κ1) is 14.4. The lowest BCUT2D eigenvalue weighted by atomic mass is 10.1. The molecule has 0 spiro atoms. The average Bonchev–Trinajstić information content (AvgIpc) is 2.93. The number of aromatic nitrogens is 1. The fourth-order valence-corrected chi connectivity index (χ4v) is 2.81. The van der Waals surface area contributed by atoms with E-state index in [-0.39, 0.29) is 6.04 Å². The lowest BCUT2D eigenvalue weighted by Crippen LogP contribution is -2.18. The fourth-order valence-electron chi connectivity index (χ4n) is 2.81. The predicted molar refractivity (Wildman–Crippen MR) is 87.0 cm³/mol. The van der Waals surface area contributed by atoms with Gasteiger partial charge in [-0.15, -0.1) is 0 Å². The zero-order valence-electron chi connectivity index (χ0n) is 12.6. The van der Waals surface area contributed by atoms with Crippen LogP contribution in [0.1, 0.15) is 30.2 Å². The molecule has 0 saturated carbocycles. The van der Waals surface area contributed by atoms with Crippen molar-refractivity contribution in [1.82, 2.24) is 10.0 Å². The van der Waals surface area contributed by atoms with E-state index >= 15 is 0 Å². The molecule has 0 saturated heterocycles. The number of hydrogen-bond donors (Lipinski definition) is 2. The Labute approximate surface area is 129 Å². The summed E-state index contributed by atoms with van der Waals surface area (Å²) >= 11 is 0. The van der Waals surface area contributed by atoms with Gasteiger partial charge in [0.25, 0.3) is 5.91 Å². The Balaban J connectivity index is 2.26. The molecule has 0 radical (unpaired) electrons. The molecule has 0 atom stereocenters. The Morgan fingerprint density at radius 1 is 1.09 bits per heavy atom. The number of fused-ring (bicyclic) bond motifs is 1. The van der Waals surface area contributed by atoms with Gasteiger partial charge in [-0.3, -0.25) is 10.0 Å². The monoisotopic (exact) mass is 294 g/mol. The van der Waals surface area contributed by atoms with Crippen LogP contribution >= 0.6 is 0 Å². The molecule has 2 aromatic carbocycles. The largest absolute Gasteiger partial charge is 0.338 e. The summed E-state index contributed by atoms with van der Waals surface area (Å²) in [6.07, 6.45) is 0. The zero-order valence-corrected chi connectivity index (χ0v) is 12.6. The molecular weight excluding hydrogens is 276 g/mol. The van der Waals surface area contributed by atoms with Crippen LogP contribution in [0.5, 0.6) is 0 Å². The number of nitrogens with zero attached hydrogens (tertiary/aromatic N) is 1. The first-order valence-electron chi connectivity index (χ1n) is 7.26. The third-order valence-electron chi connectivity index (χ3n) is 3.79. The van der Waals surface area contributed by atoms with E-state index in [2.05, 4.69) is 36.6 Å². The van der Waals surface area contributed by atoms with Crippen molar-refractivity contribution in [2.45, 2.75) is 19.9 Å². The molecule has 3 aromatic rings. The molecule has 0 aliphatic heterocycles. The first-order valence-corrected chi connectivity index (χ1v) is 7.26. The Morgan fingerprint density at radius 2 is 1.82 bits per heavy atom. The average molecular weight is 294 g/mol. The second-order valence-electron chi connectivity index (χ2n) is 5.57. The van der Waals surface area contributed by atoms with Crippen LogP contribution in [0.4, 0.5) is 0 Å². The van der Waals surface area contributed by atoms with E-state index < -0.39 is 5.91 Å². The smallest absolute Gasteiger partial charge is 0.274 e. The second-order valence-corrected chi connectivity index (χ2v) is 5.57. The minimum Gasteiger partial charge on any atom is -0.338 e. The molecule has 22 heavy (non-hydrogen) atoms. The SMILES string of the molecule is CC(C)n1c(-c2ccccc2)cc2ccc(C(=O)NO)cc21. The maximum absolute atomic E-state index is 11.6. The van der Waals surface area contributed by atoms with Crippen LogP contribution in [0.15, 0.2) is 54.6 Å². The molecular formula is C18H18N2O2. The van der Waals surface area contributed by atoms with Gasteiger partial charge in [-0.25, -0.2) is 5.48 Å². The standard InChI is InChI=1S/C18H18N2O2/c1-12(2)20-16(13-6-4-3-5-7-13)10-14-8-9-15(11-17(14)20)18(21)19-22/h3-12,22H,1-2H3,(H,19,21). The van der Waals surface area contributed by atoms with Gasteiger partial charge in [-0.2, -0.15) is 0 Å². The van der Waals surface area contributed by atoms with E-state index in [9.17, 15) is 4.79 Å². The summed E-state index contributed by atoms with van der Waals surface area (Å²) in [6, 6.07) is 18.0. The van der Waals surface area contributed by atoms with Gasteiger partial charge in [0.05, 0.1) is 0 Å². The normalized spacial score (nSPS) is 11.1. The van der Waals surface area contributed by atoms with Crippen LogP contribution < -0.4 is 5.48 Å². The summed E-state index contributed by atoms with van der Waals surface area (Å²) in [5.41, 5.74) is 5.36. The summed E-state index contributed by atoms with van der Waals surface area (Å²) in [7, 11) is 0. The van der Waals surface area contributed by atoms with E-state index in [1.54, 1.807) is 11.5 Å². The predicted octanol–water partition coefficient (Wildman–Crippen LogP) is 4.01.